The Kier molecular flexibility index (Phi) is 4.41. The lowest BCUT2D eigenvalue weighted by atomic mass is 10.3. The molecule has 0 rings (SSSR count). The number of hydrogen-bond donors (Lipinski definition) is 0. The van der Waals surface area contributed by atoms with Crippen LogP contribution in [0.4, 0.5) is 0 Å². The van der Waals surface area contributed by atoms with Gasteiger partial charge in [-0.05, 0) is 12.5 Å². The minimum atomic E-state index is 0.716. The van der Waals surface area contributed by atoms with E-state index in [0.29, 0.717) is 5.57 Å². The average molecular weight is 122 g/mol. The van der Waals surface area contributed by atoms with Crippen LogP contribution in [0.1, 0.15) is 6.92 Å². The Bertz CT molecular complexity index is 152. The van der Waals surface area contributed by atoms with Crippen molar-refractivity contribution < 1.29 is 4.79 Å². The van der Waals surface area contributed by atoms with E-state index in [1.807, 2.05) is 0 Å². The molecule has 0 aliphatic rings. The molecule has 0 saturated carbocycles. The third kappa shape index (κ3) is 4.75. The van der Waals surface area contributed by atoms with Gasteiger partial charge in [-0.25, -0.2) is 0 Å². The van der Waals surface area contributed by atoms with Crippen molar-refractivity contribution in [2.24, 2.45) is 0 Å². The van der Waals surface area contributed by atoms with Crippen molar-refractivity contribution in [2.45, 2.75) is 6.92 Å². The maximum atomic E-state index is 9.97. The van der Waals surface area contributed by atoms with E-state index in [4.69, 9.17) is 0 Å². The standard InChI is InChI=1S/C8H10O/c1-3-4-5-6-8(2)7-9/h3-7H,1H2,2H3/b5-4+,8-6?. The van der Waals surface area contributed by atoms with Crippen molar-refractivity contribution in [3.63, 3.8) is 0 Å². The van der Waals surface area contributed by atoms with Gasteiger partial charge in [0.15, 0.2) is 0 Å². The summed E-state index contributed by atoms with van der Waals surface area (Å²) < 4.78 is 0. The smallest absolute Gasteiger partial charge is 0.145 e. The molecule has 9 heavy (non-hydrogen) atoms. The van der Waals surface area contributed by atoms with Crippen molar-refractivity contribution in [1.29, 1.82) is 0 Å². The van der Waals surface area contributed by atoms with Crippen molar-refractivity contribution in [1.82, 2.24) is 0 Å². The van der Waals surface area contributed by atoms with Gasteiger partial charge in [0.1, 0.15) is 6.29 Å². The van der Waals surface area contributed by atoms with E-state index in [-0.39, 0.29) is 0 Å². The molecule has 0 spiro atoms. The Balaban J connectivity index is 3.81. The van der Waals surface area contributed by atoms with E-state index in [2.05, 4.69) is 6.58 Å². The van der Waals surface area contributed by atoms with E-state index in [1.54, 1.807) is 31.2 Å². The van der Waals surface area contributed by atoms with Crippen molar-refractivity contribution >= 4 is 6.29 Å². The van der Waals surface area contributed by atoms with Crippen LogP contribution >= 0.6 is 0 Å². The highest BCUT2D eigenvalue weighted by Gasteiger charge is 1.75. The average Bonchev–Trinajstić information content (AvgIpc) is 1.89. The van der Waals surface area contributed by atoms with Gasteiger partial charge in [0.05, 0.1) is 0 Å². The molecule has 0 aromatic heterocycles. The highest BCUT2D eigenvalue weighted by molar-refractivity contribution is 5.72. The molecule has 0 unspecified atom stereocenters. The Morgan fingerprint density at radius 1 is 1.44 bits per heavy atom. The molecule has 0 fully saturated rings. The molecule has 0 heterocycles. The van der Waals surface area contributed by atoms with Crippen LogP contribution in [-0.2, 0) is 4.79 Å². The lowest BCUT2D eigenvalue weighted by Gasteiger charge is -1.77. The lowest BCUT2D eigenvalue weighted by Crippen LogP contribution is -1.71. The first-order chi connectivity index (χ1) is 4.31. The molecule has 1 nitrogen and oxygen atoms in total. The zero-order chi connectivity index (χ0) is 7.11. The van der Waals surface area contributed by atoms with Crippen molar-refractivity contribution in [3.05, 3.63) is 36.5 Å². The molecule has 0 aromatic carbocycles. The third-order valence-corrected chi connectivity index (χ3v) is 0.792. The molecule has 0 aromatic rings. The Morgan fingerprint density at radius 3 is 2.56 bits per heavy atom. The van der Waals surface area contributed by atoms with Crippen LogP contribution in [-0.4, -0.2) is 6.29 Å². The van der Waals surface area contributed by atoms with Crippen molar-refractivity contribution in [3.8, 4) is 0 Å². The zero-order valence-corrected chi connectivity index (χ0v) is 5.50. The first kappa shape index (κ1) is 7.89. The number of rotatable bonds is 3. The molecule has 0 saturated heterocycles. The summed E-state index contributed by atoms with van der Waals surface area (Å²) in [6, 6.07) is 0. The summed E-state index contributed by atoms with van der Waals surface area (Å²) >= 11 is 0. The molecule has 0 aliphatic heterocycles. The Morgan fingerprint density at radius 2 is 2.11 bits per heavy atom. The van der Waals surface area contributed by atoms with Crippen LogP contribution in [0.5, 0.6) is 0 Å². The topological polar surface area (TPSA) is 17.1 Å². The van der Waals surface area contributed by atoms with Crippen LogP contribution in [0.3, 0.4) is 0 Å². The first-order valence-corrected chi connectivity index (χ1v) is 2.72. The normalized spacial score (nSPS) is 11.9. The van der Waals surface area contributed by atoms with Gasteiger partial charge in [-0.15, -0.1) is 0 Å². The fraction of sp³-hybridized carbons (Fsp3) is 0.125. The van der Waals surface area contributed by atoms with Crippen LogP contribution in [0, 0.1) is 0 Å². The van der Waals surface area contributed by atoms with Gasteiger partial charge in [0.2, 0.25) is 0 Å². The predicted molar refractivity (Wildman–Crippen MR) is 39.2 cm³/mol. The van der Waals surface area contributed by atoms with Crippen LogP contribution in [0.25, 0.3) is 0 Å². The molecule has 0 atom stereocenters. The van der Waals surface area contributed by atoms with Crippen molar-refractivity contribution in [2.75, 3.05) is 0 Å². The highest BCUT2D eigenvalue weighted by atomic mass is 16.1. The number of carbonyl (C=O) groups is 1. The van der Waals surface area contributed by atoms with Gasteiger partial charge in [-0.2, -0.15) is 0 Å². The highest BCUT2D eigenvalue weighted by Crippen LogP contribution is 1.86. The summed E-state index contributed by atoms with van der Waals surface area (Å²) in [5.41, 5.74) is 0.716. The SMILES string of the molecule is C=C/C=C/C=C(C)C=O. The summed E-state index contributed by atoms with van der Waals surface area (Å²) in [6.07, 6.45) is 7.75. The maximum Gasteiger partial charge on any atom is 0.145 e. The monoisotopic (exact) mass is 122 g/mol. The first-order valence-electron chi connectivity index (χ1n) is 2.72. The molecular formula is C8H10O. The predicted octanol–water partition coefficient (Wildman–Crippen LogP) is 1.87. The molecule has 0 radical (unpaired) electrons. The van der Waals surface area contributed by atoms with E-state index < -0.39 is 0 Å². The van der Waals surface area contributed by atoms with E-state index >= 15 is 0 Å². The number of aldehydes is 1. The summed E-state index contributed by atoms with van der Waals surface area (Å²) in [5, 5.41) is 0. The van der Waals surface area contributed by atoms with E-state index in [9.17, 15) is 4.79 Å². The molecule has 0 bridgehead atoms. The second kappa shape index (κ2) is 5.04. The molecular weight excluding hydrogens is 112 g/mol. The summed E-state index contributed by atoms with van der Waals surface area (Å²) in [6.45, 7) is 5.23. The second-order valence-electron chi connectivity index (χ2n) is 1.65. The lowest BCUT2D eigenvalue weighted by molar-refractivity contribution is -0.104. The summed E-state index contributed by atoms with van der Waals surface area (Å²) in [7, 11) is 0. The van der Waals surface area contributed by atoms with Crippen LogP contribution < -0.4 is 0 Å². The number of hydrogen-bond acceptors (Lipinski definition) is 1. The minimum absolute atomic E-state index is 0.716. The van der Waals surface area contributed by atoms with Gasteiger partial charge in [-0.3, -0.25) is 4.79 Å². The van der Waals surface area contributed by atoms with Crippen LogP contribution in [0.15, 0.2) is 36.5 Å². The Labute approximate surface area is 55.4 Å². The molecule has 1 heteroatoms. The zero-order valence-electron chi connectivity index (χ0n) is 5.50. The summed E-state index contributed by atoms with van der Waals surface area (Å²) in [4.78, 5) is 9.97. The fourth-order valence-corrected chi connectivity index (χ4v) is 0.325. The third-order valence-electron chi connectivity index (χ3n) is 0.792. The Hall–Kier alpha value is -1.11. The molecule has 0 aliphatic carbocycles. The number of allylic oxidation sites excluding steroid dienone is 5. The van der Waals surface area contributed by atoms with Gasteiger partial charge in [0.25, 0.3) is 0 Å². The van der Waals surface area contributed by atoms with Gasteiger partial charge in [0, 0.05) is 0 Å². The summed E-state index contributed by atoms with van der Waals surface area (Å²) in [5.74, 6) is 0. The quantitative estimate of drug-likeness (QED) is 0.317. The molecule has 0 N–H and O–H groups in total. The van der Waals surface area contributed by atoms with Gasteiger partial charge < -0.3 is 0 Å². The fourth-order valence-electron chi connectivity index (χ4n) is 0.325. The van der Waals surface area contributed by atoms with E-state index in [0.717, 1.165) is 6.29 Å². The number of carbonyl (C=O) groups excluding carboxylic acids is 1. The molecule has 48 valence electrons. The molecule has 0 amide bonds. The van der Waals surface area contributed by atoms with E-state index in [1.165, 1.54) is 0 Å². The van der Waals surface area contributed by atoms with Gasteiger partial charge in [-0.1, -0.05) is 30.9 Å². The van der Waals surface area contributed by atoms with Gasteiger partial charge >= 0.3 is 0 Å². The van der Waals surface area contributed by atoms with Crippen LogP contribution in [0.2, 0.25) is 0 Å². The maximum absolute atomic E-state index is 9.97. The largest absolute Gasteiger partial charge is 0.298 e. The minimum Gasteiger partial charge on any atom is -0.298 e. The second-order valence-corrected chi connectivity index (χ2v) is 1.65.